The zero-order chi connectivity index (χ0) is 20.6. The van der Waals surface area contributed by atoms with Gasteiger partial charge in [0.15, 0.2) is 0 Å². The minimum atomic E-state index is -3.69. The number of fused-ring (bicyclic) bond motifs is 2. The second kappa shape index (κ2) is 7.18. The van der Waals surface area contributed by atoms with Crippen LogP contribution in [0.2, 0.25) is 0 Å². The maximum absolute atomic E-state index is 12.6. The van der Waals surface area contributed by atoms with Crippen molar-refractivity contribution in [3.8, 4) is 0 Å². The third-order valence-electron chi connectivity index (χ3n) is 4.52. The highest BCUT2D eigenvalue weighted by Crippen LogP contribution is 2.26. The van der Waals surface area contributed by atoms with Crippen molar-refractivity contribution in [2.75, 3.05) is 10.0 Å². The molecule has 2 N–H and O–H groups in total. The molecule has 0 aliphatic carbocycles. The third kappa shape index (κ3) is 4.05. The molecule has 7 heteroatoms. The van der Waals surface area contributed by atoms with Crippen LogP contribution in [0.1, 0.15) is 12.5 Å². The smallest absolute Gasteiger partial charge is 0.261 e. The summed E-state index contributed by atoms with van der Waals surface area (Å²) in [5.41, 5.74) is 3.45. The van der Waals surface area contributed by atoms with Crippen LogP contribution in [-0.2, 0) is 14.8 Å². The molecule has 6 nitrogen and oxygen atoms in total. The predicted molar refractivity (Wildman–Crippen MR) is 116 cm³/mol. The number of nitrogens with zero attached hydrogens (tertiary/aromatic N) is 1. The Bertz CT molecular complexity index is 1350. The lowest BCUT2D eigenvalue weighted by atomic mass is 10.1. The molecule has 4 aromatic rings. The van der Waals surface area contributed by atoms with Crippen LogP contribution in [0.25, 0.3) is 21.8 Å². The Balaban J connectivity index is 1.71. The van der Waals surface area contributed by atoms with E-state index in [0.29, 0.717) is 22.4 Å². The molecule has 0 unspecified atom stereocenters. The lowest BCUT2D eigenvalue weighted by molar-refractivity contribution is -0.114. The van der Waals surface area contributed by atoms with Crippen LogP contribution in [0.5, 0.6) is 0 Å². The van der Waals surface area contributed by atoms with E-state index in [-0.39, 0.29) is 10.8 Å². The van der Waals surface area contributed by atoms with Gasteiger partial charge in [0.25, 0.3) is 10.0 Å². The van der Waals surface area contributed by atoms with Gasteiger partial charge in [-0.25, -0.2) is 13.4 Å². The van der Waals surface area contributed by atoms with Crippen molar-refractivity contribution in [3.63, 3.8) is 0 Å². The highest BCUT2D eigenvalue weighted by atomic mass is 32.2. The molecule has 0 spiro atoms. The maximum Gasteiger partial charge on any atom is 0.261 e. The van der Waals surface area contributed by atoms with Crippen molar-refractivity contribution in [2.24, 2.45) is 0 Å². The molecule has 0 saturated heterocycles. The molecule has 3 aromatic carbocycles. The minimum absolute atomic E-state index is 0.155. The Labute approximate surface area is 168 Å². The van der Waals surface area contributed by atoms with E-state index >= 15 is 0 Å². The van der Waals surface area contributed by atoms with Gasteiger partial charge in [0.2, 0.25) is 5.91 Å². The minimum Gasteiger partial charge on any atom is -0.326 e. The number of carbonyl (C=O) groups is 1. The number of aromatic nitrogens is 1. The molecule has 0 bridgehead atoms. The summed E-state index contributed by atoms with van der Waals surface area (Å²) in [5.74, 6) is -0.155. The van der Waals surface area contributed by atoms with Crippen LogP contribution in [-0.4, -0.2) is 19.3 Å². The summed E-state index contributed by atoms with van der Waals surface area (Å²) in [6, 6.07) is 19.4. The van der Waals surface area contributed by atoms with Crippen LogP contribution in [0.15, 0.2) is 71.6 Å². The summed E-state index contributed by atoms with van der Waals surface area (Å²) in [5, 5.41) is 4.56. The molecule has 146 valence electrons. The molecular formula is C22H19N3O3S. The summed E-state index contributed by atoms with van der Waals surface area (Å²) in [4.78, 5) is 16.1. The predicted octanol–water partition coefficient (Wildman–Crippen LogP) is 4.46. The van der Waals surface area contributed by atoms with Crippen LogP contribution in [0.3, 0.4) is 0 Å². The summed E-state index contributed by atoms with van der Waals surface area (Å²) in [6.45, 7) is 3.35. The van der Waals surface area contributed by atoms with E-state index in [9.17, 15) is 13.2 Å². The number of benzene rings is 3. The van der Waals surface area contributed by atoms with Gasteiger partial charge < -0.3 is 5.32 Å². The van der Waals surface area contributed by atoms with Crippen LogP contribution >= 0.6 is 0 Å². The molecule has 0 atom stereocenters. The highest BCUT2D eigenvalue weighted by molar-refractivity contribution is 7.92. The fraction of sp³-hybridized carbons (Fsp3) is 0.0909. The number of rotatable bonds is 4. The monoisotopic (exact) mass is 405 g/mol. The number of pyridine rings is 1. The molecular weight excluding hydrogens is 386 g/mol. The van der Waals surface area contributed by atoms with Gasteiger partial charge in [0, 0.05) is 23.4 Å². The van der Waals surface area contributed by atoms with Gasteiger partial charge in [0.1, 0.15) is 0 Å². The Morgan fingerprint density at radius 2 is 1.41 bits per heavy atom. The first-order chi connectivity index (χ1) is 13.8. The van der Waals surface area contributed by atoms with Crippen molar-refractivity contribution >= 4 is 49.1 Å². The number of hydrogen-bond donors (Lipinski definition) is 2. The molecule has 0 saturated carbocycles. The van der Waals surface area contributed by atoms with E-state index in [0.717, 1.165) is 16.3 Å². The second-order valence-corrected chi connectivity index (χ2v) is 8.59. The van der Waals surface area contributed by atoms with E-state index in [4.69, 9.17) is 0 Å². The standard InChI is InChI=1S/C22H19N3O3S/c1-14-3-9-20(10-4-14)29(27,28)25-19-8-6-17-11-16-5-7-18(23-15(2)26)12-21(16)24-22(17)13-19/h3-13,25H,1-2H3,(H,23,26). The first-order valence-corrected chi connectivity index (χ1v) is 10.5. The number of anilines is 2. The van der Waals surface area contributed by atoms with Crippen molar-refractivity contribution < 1.29 is 13.2 Å². The molecule has 1 amide bonds. The van der Waals surface area contributed by atoms with Crippen LogP contribution < -0.4 is 10.0 Å². The first kappa shape index (κ1) is 18.9. The lowest BCUT2D eigenvalue weighted by Gasteiger charge is -2.10. The second-order valence-electron chi connectivity index (χ2n) is 6.90. The number of aryl methyl sites for hydroxylation is 1. The number of carbonyl (C=O) groups excluding carboxylic acids is 1. The molecule has 4 rings (SSSR count). The average Bonchev–Trinajstić information content (AvgIpc) is 2.66. The zero-order valence-corrected chi connectivity index (χ0v) is 16.7. The number of sulfonamides is 1. The molecule has 0 radical (unpaired) electrons. The van der Waals surface area contributed by atoms with Crippen molar-refractivity contribution in [1.82, 2.24) is 4.98 Å². The van der Waals surface area contributed by atoms with Crippen molar-refractivity contribution in [2.45, 2.75) is 18.7 Å². The van der Waals surface area contributed by atoms with Crippen LogP contribution in [0.4, 0.5) is 11.4 Å². The Morgan fingerprint density at radius 1 is 0.828 bits per heavy atom. The van der Waals surface area contributed by atoms with Gasteiger partial charge in [-0.15, -0.1) is 0 Å². The number of hydrogen-bond acceptors (Lipinski definition) is 4. The average molecular weight is 405 g/mol. The molecule has 0 aliphatic rings. The summed E-state index contributed by atoms with van der Waals surface area (Å²) < 4.78 is 27.9. The zero-order valence-electron chi connectivity index (χ0n) is 15.9. The van der Waals surface area contributed by atoms with Crippen molar-refractivity contribution in [1.29, 1.82) is 0 Å². The van der Waals surface area contributed by atoms with Gasteiger partial charge in [0.05, 0.1) is 21.6 Å². The molecule has 29 heavy (non-hydrogen) atoms. The highest BCUT2D eigenvalue weighted by Gasteiger charge is 2.14. The van der Waals surface area contributed by atoms with Gasteiger partial charge >= 0.3 is 0 Å². The number of nitrogens with one attached hydrogen (secondary N) is 2. The fourth-order valence-electron chi connectivity index (χ4n) is 3.10. The summed E-state index contributed by atoms with van der Waals surface area (Å²) in [7, 11) is -3.69. The third-order valence-corrected chi connectivity index (χ3v) is 5.91. The number of amides is 1. The normalized spacial score (nSPS) is 11.5. The Hall–Kier alpha value is -3.45. The molecule has 0 aliphatic heterocycles. The van der Waals surface area contributed by atoms with E-state index in [1.54, 1.807) is 42.5 Å². The van der Waals surface area contributed by atoms with Gasteiger partial charge in [-0.2, -0.15) is 0 Å². The Morgan fingerprint density at radius 3 is 2.03 bits per heavy atom. The van der Waals surface area contributed by atoms with Crippen LogP contribution in [0, 0.1) is 6.92 Å². The topological polar surface area (TPSA) is 88.2 Å². The van der Waals surface area contributed by atoms with Crippen molar-refractivity contribution in [3.05, 3.63) is 72.3 Å². The van der Waals surface area contributed by atoms with E-state index in [2.05, 4.69) is 15.0 Å². The lowest BCUT2D eigenvalue weighted by Crippen LogP contribution is -2.12. The van der Waals surface area contributed by atoms with Gasteiger partial charge in [-0.05, 0) is 49.4 Å². The molecule has 1 aromatic heterocycles. The SMILES string of the molecule is CC(=O)Nc1ccc2cc3ccc(NS(=O)(=O)c4ccc(C)cc4)cc3nc2c1. The van der Waals surface area contributed by atoms with E-state index in [1.165, 1.54) is 6.92 Å². The maximum atomic E-state index is 12.6. The summed E-state index contributed by atoms with van der Waals surface area (Å²) >= 11 is 0. The van der Waals surface area contributed by atoms with E-state index < -0.39 is 10.0 Å². The Kier molecular flexibility index (Phi) is 4.68. The summed E-state index contributed by atoms with van der Waals surface area (Å²) in [6.07, 6.45) is 0. The fourth-order valence-corrected chi connectivity index (χ4v) is 4.15. The van der Waals surface area contributed by atoms with Gasteiger partial charge in [-0.1, -0.05) is 29.8 Å². The first-order valence-electron chi connectivity index (χ1n) is 9.02. The van der Waals surface area contributed by atoms with E-state index in [1.807, 2.05) is 31.2 Å². The largest absolute Gasteiger partial charge is 0.326 e. The van der Waals surface area contributed by atoms with Gasteiger partial charge in [-0.3, -0.25) is 9.52 Å². The molecule has 0 fully saturated rings. The molecule has 1 heterocycles. The quantitative estimate of drug-likeness (QED) is 0.491.